The van der Waals surface area contributed by atoms with E-state index in [9.17, 15) is 60.0 Å². The fourth-order valence-electron chi connectivity index (χ4n) is 14.3. The van der Waals surface area contributed by atoms with Crippen molar-refractivity contribution in [3.8, 4) is 0 Å². The summed E-state index contributed by atoms with van der Waals surface area (Å²) >= 11 is 0. The third-order valence-electron chi connectivity index (χ3n) is 20.7. The van der Waals surface area contributed by atoms with Crippen molar-refractivity contribution in [3.05, 3.63) is 84.0 Å². The summed E-state index contributed by atoms with van der Waals surface area (Å²) in [5, 5.41) is 8.22. The maximum atomic E-state index is 14.5. The minimum atomic E-state index is -4.22. The van der Waals surface area contributed by atoms with Crippen LogP contribution in [0.25, 0.3) is 0 Å². The van der Waals surface area contributed by atoms with Crippen LogP contribution < -0.4 is 40.9 Å². The van der Waals surface area contributed by atoms with Gasteiger partial charge in [0.25, 0.3) is 11.8 Å². The molecule has 6 heterocycles. The number of anilines is 2. The number of carbonyl (C=O) groups is 9. The predicted molar refractivity (Wildman–Crippen MR) is 384 cm³/mol. The van der Waals surface area contributed by atoms with Crippen molar-refractivity contribution in [2.24, 2.45) is 17.6 Å². The van der Waals surface area contributed by atoms with Gasteiger partial charge in [0.2, 0.25) is 23.6 Å². The molecule has 7 N–H and O–H groups in total. The van der Waals surface area contributed by atoms with Crippen LogP contribution in [-0.4, -0.2) is 220 Å². The first-order valence-corrected chi connectivity index (χ1v) is 38.8. The van der Waals surface area contributed by atoms with Gasteiger partial charge in [-0.25, -0.2) is 23.8 Å². The molecule has 2 saturated carbocycles. The van der Waals surface area contributed by atoms with Crippen LogP contribution >= 0.6 is 0 Å². The normalized spacial score (nSPS) is 29.1. The fourth-order valence-corrected chi connectivity index (χ4v) is 16.2. The Hall–Kier alpha value is -8.07. The molecule has 10 rings (SSSR count). The zero-order chi connectivity index (χ0) is 75.1. The van der Waals surface area contributed by atoms with Crippen LogP contribution in [0.5, 0.6) is 0 Å². The van der Waals surface area contributed by atoms with Gasteiger partial charge in [0.05, 0.1) is 19.1 Å². The number of hydrogen-bond donors (Lipinski definition) is 6. The first-order chi connectivity index (χ1) is 48.6. The van der Waals surface area contributed by atoms with Gasteiger partial charge >= 0.3 is 38.7 Å². The first-order valence-electron chi connectivity index (χ1n) is 35.9. The highest BCUT2D eigenvalue weighted by Crippen LogP contribution is 2.47. The molecule has 2 aromatic carbocycles. The number of fused-ring (bicyclic) bond motifs is 4. The second kappa shape index (κ2) is 32.9. The lowest BCUT2D eigenvalue weighted by Crippen LogP contribution is -2.59. The maximum Gasteiger partial charge on any atom is 0.410 e. The first kappa shape index (κ1) is 79.1. The van der Waals surface area contributed by atoms with Gasteiger partial charge in [-0.05, 0) is 106 Å². The summed E-state index contributed by atoms with van der Waals surface area (Å²) in [6.07, 6.45) is 9.29. The second-order valence-electron chi connectivity index (χ2n) is 30.1. The van der Waals surface area contributed by atoms with Gasteiger partial charge in [0.15, 0.2) is 0 Å². The Morgan fingerprint density at radius 2 is 0.971 bits per heavy atom. The van der Waals surface area contributed by atoms with E-state index in [4.69, 9.17) is 19.9 Å². The number of benzene rings is 2. The molecule has 2 spiro atoms. The summed E-state index contributed by atoms with van der Waals surface area (Å²) < 4.78 is 76.1. The Labute approximate surface area is 605 Å². The average Bonchev–Trinajstić information content (AvgIpc) is 1.58. The molecule has 0 bridgehead atoms. The van der Waals surface area contributed by atoms with Gasteiger partial charge in [0, 0.05) is 118 Å². The Kier molecular flexibility index (Phi) is 25.3. The maximum absolute atomic E-state index is 14.5. The van der Waals surface area contributed by atoms with E-state index in [0.717, 1.165) is 100 Å². The van der Waals surface area contributed by atoms with E-state index in [1.54, 1.807) is 30.6 Å². The molecular weight excluding hydrogens is 1370 g/mol. The molecule has 2 aliphatic carbocycles. The zero-order valence-electron chi connectivity index (χ0n) is 61.0. The van der Waals surface area contributed by atoms with Gasteiger partial charge < -0.3 is 55.5 Å². The summed E-state index contributed by atoms with van der Waals surface area (Å²) in [6, 6.07) is 7.78. The Morgan fingerprint density at radius 3 is 1.37 bits per heavy atom. The number of alkyl carbamates (subject to hydrolysis) is 1. The molecular formula is C71H106N14O16S2. The molecule has 6 fully saturated rings. The van der Waals surface area contributed by atoms with E-state index in [-0.39, 0.29) is 58.3 Å². The minimum Gasteiger partial charge on any atom is -0.444 e. The largest absolute Gasteiger partial charge is 0.444 e. The van der Waals surface area contributed by atoms with Crippen molar-refractivity contribution in [2.45, 2.75) is 216 Å². The third kappa shape index (κ3) is 19.3. The number of hydrogen-bond acceptors (Lipinski definition) is 19. The molecule has 30 nitrogen and oxygen atoms in total. The molecule has 568 valence electrons. The van der Waals surface area contributed by atoms with Gasteiger partial charge in [-0.15, -0.1) is 13.2 Å². The van der Waals surface area contributed by atoms with Crippen molar-refractivity contribution < 1.29 is 74.2 Å². The van der Waals surface area contributed by atoms with Crippen LogP contribution in [0.1, 0.15) is 159 Å². The van der Waals surface area contributed by atoms with E-state index in [2.05, 4.69) is 38.6 Å². The van der Waals surface area contributed by atoms with Crippen LogP contribution in [0.3, 0.4) is 0 Å². The van der Waals surface area contributed by atoms with Gasteiger partial charge in [-0.3, -0.25) is 38.6 Å². The van der Waals surface area contributed by atoms with E-state index < -0.39 is 139 Å². The number of amides is 9. The number of nitrogens with one attached hydrogen (secondary N) is 5. The second-order valence-corrected chi connectivity index (χ2v) is 33.6. The average molecular weight is 1480 g/mol. The van der Waals surface area contributed by atoms with Crippen molar-refractivity contribution in [1.82, 2.24) is 53.6 Å². The topological polar surface area (TPSA) is 362 Å². The summed E-state index contributed by atoms with van der Waals surface area (Å²) in [5.74, 6) is -5.24. The van der Waals surface area contributed by atoms with E-state index in [0.29, 0.717) is 51.9 Å². The smallest absolute Gasteiger partial charge is 0.410 e. The third-order valence-corrected chi connectivity index (χ3v) is 23.6. The van der Waals surface area contributed by atoms with Gasteiger partial charge in [-0.2, -0.15) is 25.4 Å². The number of nitrogens with zero attached hydrogens (tertiary/aromatic N) is 8. The summed E-state index contributed by atoms with van der Waals surface area (Å²) in [5.41, 5.74) is 8.40. The van der Waals surface area contributed by atoms with Crippen LogP contribution in [-0.2, 0) is 89.6 Å². The molecule has 10 atom stereocenters. The molecule has 0 radical (unpaired) electrons. The van der Waals surface area contributed by atoms with E-state index in [1.807, 2.05) is 74.4 Å². The quantitative estimate of drug-likeness (QED) is 0.161. The number of rotatable bonds is 7. The highest BCUT2D eigenvalue weighted by molar-refractivity contribution is 7.88. The molecule has 32 heteroatoms. The molecule has 103 heavy (non-hydrogen) atoms. The van der Waals surface area contributed by atoms with Crippen LogP contribution in [0.4, 0.5) is 25.8 Å². The predicted octanol–water partition coefficient (Wildman–Crippen LogP) is 4.77. The molecule has 0 aromatic heterocycles. The van der Waals surface area contributed by atoms with Crippen molar-refractivity contribution in [2.75, 3.05) is 78.3 Å². The fraction of sp³-hybridized carbons (Fsp3) is 0.648. The highest BCUT2D eigenvalue weighted by atomic mass is 32.2. The molecule has 9 amide bonds. The molecule has 8 aliphatic rings. The SMILES string of the molecule is C=C[C@@H]1C[C@@]12NC(=O)[C@@H]1C[C@@H](OC(=O)N3Cc4ccc(N(C)C)cc4C3)CN1C(=O)[C@@H](N)CCCCCCCCN(C)S(=O)(=O)NC2=O.C=C[C@@H]1C[C@@]12NC(=O)[C@@H]1C[C@@H](OC(=O)N3Cc4ccc(N(C)C)cc4C3)CN1C(=O)[C@@H](NC(=O)OC(C)(C)C)CCCCCCCCN(C)S(=O)(=O)NC2=O. The Balaban J connectivity index is 0.000000241. The lowest BCUT2D eigenvalue weighted by atomic mass is 10.0. The van der Waals surface area contributed by atoms with Gasteiger partial charge in [0.1, 0.15) is 47.0 Å². The summed E-state index contributed by atoms with van der Waals surface area (Å²) in [6.45, 7) is 14.3. The number of carbonyl (C=O) groups excluding carboxylic acids is 9. The lowest BCUT2D eigenvalue weighted by molar-refractivity contribution is -0.141. The molecule has 4 saturated heterocycles. The van der Waals surface area contributed by atoms with Crippen LogP contribution in [0.15, 0.2) is 61.7 Å². The van der Waals surface area contributed by atoms with Crippen LogP contribution in [0.2, 0.25) is 0 Å². The molecule has 6 aliphatic heterocycles. The van der Waals surface area contributed by atoms with Crippen molar-refractivity contribution in [1.29, 1.82) is 0 Å². The number of ether oxygens (including phenoxy) is 3. The summed E-state index contributed by atoms with van der Waals surface area (Å²) in [7, 11) is 2.19. The van der Waals surface area contributed by atoms with E-state index >= 15 is 0 Å². The molecule has 0 unspecified atom stereocenters. The lowest BCUT2D eigenvalue weighted by Gasteiger charge is -2.30. The Bertz CT molecular complexity index is 3780. The Morgan fingerprint density at radius 1 is 0.583 bits per heavy atom. The zero-order valence-corrected chi connectivity index (χ0v) is 62.7. The van der Waals surface area contributed by atoms with E-state index in [1.165, 1.54) is 36.0 Å². The standard InChI is InChI=1S/C38H57N7O9S.C33H49N7O7S/c1-8-27-21-38(27)34(48)41-55(51,52)43(7)18-14-12-10-9-11-13-15-30(39-35(49)54-37(2,3)4)33(47)45-24-29(20-31(45)32(46)40-38)53-36(50)44-22-25-16-17-28(42(5)6)19-26(25)23-44;1-5-24-18-33(24)31(43)36-48(45,46)38(4)15-11-9-7-6-8-10-12-27(34)30(42)40-21-26(17-28(40)29(41)35-33)47-32(44)39-19-22-13-14-25(37(2)3)16-23(22)20-39/h8,16-17,19,27,29-31H,1,9-15,18,20-24H2,2-7H3,(H,39,49)(H,40,46)(H,41,48);5,13-14,16,24,26-28H,1,6-12,15,17-21,34H2,2-4H3,(H,35,41)(H,36,43)/t27-,29-,30+,31+,38-;24-,26-,27+,28+,33-/m11/s1. The molecule has 2 aromatic rings. The van der Waals surface area contributed by atoms with Crippen molar-refractivity contribution >= 4 is 85.5 Å². The monoisotopic (exact) mass is 1470 g/mol. The van der Waals surface area contributed by atoms with Crippen LogP contribution in [0, 0.1) is 11.8 Å². The summed E-state index contributed by atoms with van der Waals surface area (Å²) in [4.78, 5) is 133. The number of nitrogens with two attached hydrogens (primary N) is 1. The van der Waals surface area contributed by atoms with Gasteiger partial charge in [-0.1, -0.05) is 88.5 Å². The van der Waals surface area contributed by atoms with Crippen molar-refractivity contribution in [3.63, 3.8) is 0 Å². The minimum absolute atomic E-state index is 0.000902. The highest BCUT2D eigenvalue weighted by Gasteiger charge is 2.63.